The molecule has 1 aliphatic rings. The van der Waals surface area contributed by atoms with E-state index in [1.807, 2.05) is 36.4 Å². The molecule has 0 saturated heterocycles. The number of nitrogens with two attached hydrogens (primary N) is 1. The van der Waals surface area contributed by atoms with Crippen molar-refractivity contribution in [2.75, 3.05) is 12.3 Å². The van der Waals surface area contributed by atoms with Crippen LogP contribution in [-0.2, 0) is 0 Å². The molecule has 2 aromatic carbocycles. The van der Waals surface area contributed by atoms with Gasteiger partial charge in [-0.15, -0.1) is 0 Å². The molecule has 4 heteroatoms. The monoisotopic (exact) mass is 266 g/mol. The van der Waals surface area contributed by atoms with Crippen LogP contribution in [-0.4, -0.2) is 11.6 Å². The van der Waals surface area contributed by atoms with Crippen molar-refractivity contribution in [1.29, 1.82) is 0 Å². The number of aromatic nitrogens is 1. The Bertz CT molecular complexity index is 779. The minimum atomic E-state index is 0.131. The highest BCUT2D eigenvalue weighted by molar-refractivity contribution is 5.85. The maximum Gasteiger partial charge on any atom is 0.203 e. The normalized spacial score (nSPS) is 17.7. The molecule has 1 atom stereocenters. The van der Waals surface area contributed by atoms with Gasteiger partial charge in [0.25, 0.3) is 0 Å². The van der Waals surface area contributed by atoms with Crippen LogP contribution >= 0.6 is 0 Å². The first kappa shape index (κ1) is 11.3. The molecule has 3 aromatic rings. The van der Waals surface area contributed by atoms with Gasteiger partial charge in [-0.05, 0) is 24.6 Å². The average molecular weight is 266 g/mol. The van der Waals surface area contributed by atoms with E-state index in [0.29, 0.717) is 18.2 Å². The van der Waals surface area contributed by atoms with Crippen molar-refractivity contribution < 1.29 is 9.15 Å². The predicted molar refractivity (Wildman–Crippen MR) is 76.8 cm³/mol. The van der Waals surface area contributed by atoms with Crippen LogP contribution < -0.4 is 10.5 Å². The van der Waals surface area contributed by atoms with Crippen LogP contribution in [0.5, 0.6) is 5.75 Å². The third-order valence-electron chi connectivity index (χ3n) is 3.72. The lowest BCUT2D eigenvalue weighted by Gasteiger charge is -2.23. The number of rotatable bonds is 1. The summed E-state index contributed by atoms with van der Waals surface area (Å²) in [6, 6.07) is 13.7. The van der Waals surface area contributed by atoms with Crippen molar-refractivity contribution in [1.82, 2.24) is 4.98 Å². The van der Waals surface area contributed by atoms with Gasteiger partial charge < -0.3 is 14.9 Å². The number of hydrogen-bond acceptors (Lipinski definition) is 4. The van der Waals surface area contributed by atoms with Crippen molar-refractivity contribution in [3.63, 3.8) is 0 Å². The Morgan fingerprint density at radius 2 is 2.00 bits per heavy atom. The van der Waals surface area contributed by atoms with Crippen molar-refractivity contribution in [3.05, 3.63) is 53.9 Å². The summed E-state index contributed by atoms with van der Waals surface area (Å²) in [6.07, 6.45) is 0.865. The van der Waals surface area contributed by atoms with Crippen LogP contribution in [0.3, 0.4) is 0 Å². The summed E-state index contributed by atoms with van der Waals surface area (Å²) < 4.78 is 11.6. The number of para-hydroxylation sites is 2. The summed E-state index contributed by atoms with van der Waals surface area (Å²) in [5.41, 5.74) is 9.21. The summed E-state index contributed by atoms with van der Waals surface area (Å²) in [5, 5.41) is 0. The van der Waals surface area contributed by atoms with E-state index in [-0.39, 0.29) is 5.92 Å². The van der Waals surface area contributed by atoms with Gasteiger partial charge in [0.15, 0.2) is 5.58 Å². The van der Waals surface area contributed by atoms with Crippen LogP contribution in [0, 0.1) is 0 Å². The van der Waals surface area contributed by atoms with Crippen molar-refractivity contribution >= 4 is 16.8 Å². The fraction of sp³-hybridized carbons (Fsp3) is 0.188. The van der Waals surface area contributed by atoms with Gasteiger partial charge in [0.2, 0.25) is 5.89 Å². The van der Waals surface area contributed by atoms with E-state index in [9.17, 15) is 0 Å². The zero-order valence-electron chi connectivity index (χ0n) is 10.9. The Kier molecular flexibility index (Phi) is 2.42. The molecule has 1 aromatic heterocycles. The van der Waals surface area contributed by atoms with E-state index in [0.717, 1.165) is 28.8 Å². The van der Waals surface area contributed by atoms with Crippen LogP contribution in [0.1, 0.15) is 23.8 Å². The summed E-state index contributed by atoms with van der Waals surface area (Å²) in [4.78, 5) is 4.59. The van der Waals surface area contributed by atoms with Gasteiger partial charge >= 0.3 is 0 Å². The Labute approximate surface area is 116 Å². The molecule has 4 nitrogen and oxygen atoms in total. The zero-order chi connectivity index (χ0) is 13.5. The smallest absolute Gasteiger partial charge is 0.203 e. The lowest BCUT2D eigenvalue weighted by atomic mass is 9.93. The van der Waals surface area contributed by atoms with Crippen LogP contribution in [0.15, 0.2) is 46.9 Å². The highest BCUT2D eigenvalue weighted by Crippen LogP contribution is 2.38. The second-order valence-electron chi connectivity index (χ2n) is 4.97. The van der Waals surface area contributed by atoms with E-state index in [1.54, 1.807) is 0 Å². The number of nitrogen functional groups attached to an aromatic ring is 1. The van der Waals surface area contributed by atoms with Crippen molar-refractivity contribution in [2.45, 2.75) is 12.3 Å². The van der Waals surface area contributed by atoms with E-state index in [1.165, 1.54) is 0 Å². The molecular weight excluding hydrogens is 252 g/mol. The second-order valence-corrected chi connectivity index (χ2v) is 4.97. The molecule has 0 spiro atoms. The summed E-state index contributed by atoms with van der Waals surface area (Å²) in [5.74, 6) is 1.76. The van der Waals surface area contributed by atoms with Crippen LogP contribution in [0.25, 0.3) is 11.1 Å². The largest absolute Gasteiger partial charge is 0.493 e. The topological polar surface area (TPSA) is 61.3 Å². The van der Waals surface area contributed by atoms with Gasteiger partial charge in [-0.25, -0.2) is 4.98 Å². The Morgan fingerprint density at radius 1 is 1.10 bits per heavy atom. The van der Waals surface area contributed by atoms with E-state index in [2.05, 4.69) is 11.1 Å². The zero-order valence-corrected chi connectivity index (χ0v) is 10.9. The molecule has 0 radical (unpaired) electrons. The van der Waals surface area contributed by atoms with E-state index < -0.39 is 0 Å². The lowest BCUT2D eigenvalue weighted by Crippen LogP contribution is -2.15. The molecule has 20 heavy (non-hydrogen) atoms. The maximum atomic E-state index is 5.95. The molecule has 0 amide bonds. The summed E-state index contributed by atoms with van der Waals surface area (Å²) in [7, 11) is 0. The van der Waals surface area contributed by atoms with E-state index >= 15 is 0 Å². The quantitative estimate of drug-likeness (QED) is 0.686. The van der Waals surface area contributed by atoms with Gasteiger partial charge in [0.05, 0.1) is 18.2 Å². The lowest BCUT2D eigenvalue weighted by molar-refractivity contribution is 0.266. The number of ether oxygens (including phenoxy) is 1. The Balaban J connectivity index is 1.86. The minimum absolute atomic E-state index is 0.131. The maximum absolute atomic E-state index is 5.95. The molecule has 0 aliphatic carbocycles. The van der Waals surface area contributed by atoms with Gasteiger partial charge in [0.1, 0.15) is 11.3 Å². The molecule has 2 heterocycles. The highest BCUT2D eigenvalue weighted by Gasteiger charge is 2.27. The van der Waals surface area contributed by atoms with Crippen molar-refractivity contribution in [3.8, 4) is 5.75 Å². The number of nitrogens with zero attached hydrogens (tertiary/aromatic N) is 1. The van der Waals surface area contributed by atoms with Gasteiger partial charge in [-0.2, -0.15) is 0 Å². The van der Waals surface area contributed by atoms with Gasteiger partial charge in [-0.3, -0.25) is 0 Å². The first-order valence-corrected chi connectivity index (χ1v) is 6.69. The molecule has 100 valence electrons. The molecule has 1 aliphatic heterocycles. The fourth-order valence-corrected chi connectivity index (χ4v) is 2.73. The Morgan fingerprint density at radius 3 is 2.90 bits per heavy atom. The van der Waals surface area contributed by atoms with Crippen molar-refractivity contribution in [2.24, 2.45) is 0 Å². The molecule has 1 unspecified atom stereocenters. The fourth-order valence-electron chi connectivity index (χ4n) is 2.73. The first-order valence-electron chi connectivity index (χ1n) is 6.69. The highest BCUT2D eigenvalue weighted by atomic mass is 16.5. The number of anilines is 1. The van der Waals surface area contributed by atoms with E-state index in [4.69, 9.17) is 14.9 Å². The number of fused-ring (bicyclic) bond motifs is 2. The molecule has 2 N–H and O–H groups in total. The van der Waals surface area contributed by atoms with Gasteiger partial charge in [-0.1, -0.05) is 24.3 Å². The standard InChI is InChI=1S/C16H14N2O2/c17-12-5-3-7-14-15(12)18-16(20-14)11-8-9-19-13-6-2-1-4-10(11)13/h1-7,11H,8-9,17H2. The van der Waals surface area contributed by atoms with Crippen LogP contribution in [0.4, 0.5) is 5.69 Å². The first-order chi connectivity index (χ1) is 9.83. The Hall–Kier alpha value is -2.49. The number of hydrogen-bond donors (Lipinski definition) is 1. The van der Waals surface area contributed by atoms with Gasteiger partial charge in [0, 0.05) is 5.56 Å². The number of benzene rings is 2. The molecule has 4 rings (SSSR count). The molecule has 0 fully saturated rings. The molecular formula is C16H14N2O2. The summed E-state index contributed by atoms with van der Waals surface area (Å²) in [6.45, 7) is 0.676. The van der Waals surface area contributed by atoms with Crippen LogP contribution in [0.2, 0.25) is 0 Å². The SMILES string of the molecule is Nc1cccc2oc(C3CCOc4ccccc43)nc12. The second kappa shape index (κ2) is 4.27. The molecule has 0 saturated carbocycles. The third-order valence-corrected chi connectivity index (χ3v) is 3.72. The predicted octanol–water partition coefficient (Wildman–Crippen LogP) is 3.32. The molecule has 0 bridgehead atoms. The average Bonchev–Trinajstić information content (AvgIpc) is 2.92. The summed E-state index contributed by atoms with van der Waals surface area (Å²) >= 11 is 0. The number of oxazole rings is 1. The minimum Gasteiger partial charge on any atom is -0.493 e. The third kappa shape index (κ3) is 1.65.